The molecule has 1 aromatic heterocycles. The van der Waals surface area contributed by atoms with Gasteiger partial charge in [-0.05, 0) is 43.4 Å². The fourth-order valence-corrected chi connectivity index (χ4v) is 3.03. The first kappa shape index (κ1) is 17.5. The van der Waals surface area contributed by atoms with Crippen LogP contribution in [0.25, 0.3) is 10.9 Å². The SMILES string of the molecule is CCCCCc1cc2ccc(OS(N)(=O)=O)cc2n(CC)c1=O. The van der Waals surface area contributed by atoms with Crippen LogP contribution in [0.3, 0.4) is 0 Å². The Morgan fingerprint density at radius 2 is 1.91 bits per heavy atom. The van der Waals surface area contributed by atoms with E-state index in [1.165, 1.54) is 12.1 Å². The summed E-state index contributed by atoms with van der Waals surface area (Å²) in [7, 11) is -4.09. The second kappa shape index (κ2) is 7.14. The van der Waals surface area contributed by atoms with Crippen LogP contribution in [0, 0.1) is 0 Å². The molecule has 0 aliphatic carbocycles. The Morgan fingerprint density at radius 3 is 2.52 bits per heavy atom. The van der Waals surface area contributed by atoms with Gasteiger partial charge in [0.05, 0.1) is 5.52 Å². The fraction of sp³-hybridized carbons (Fsp3) is 0.438. The van der Waals surface area contributed by atoms with E-state index in [0.717, 1.165) is 36.6 Å². The van der Waals surface area contributed by atoms with Gasteiger partial charge in [0.25, 0.3) is 5.56 Å². The molecule has 0 saturated carbocycles. The lowest BCUT2D eigenvalue weighted by Crippen LogP contribution is -2.24. The van der Waals surface area contributed by atoms with E-state index in [4.69, 9.17) is 9.32 Å². The lowest BCUT2D eigenvalue weighted by atomic mass is 10.1. The van der Waals surface area contributed by atoms with Crippen molar-refractivity contribution in [1.82, 2.24) is 4.57 Å². The zero-order chi connectivity index (χ0) is 17.0. The van der Waals surface area contributed by atoms with Crippen LogP contribution in [-0.4, -0.2) is 13.0 Å². The van der Waals surface area contributed by atoms with Crippen molar-refractivity contribution < 1.29 is 12.6 Å². The summed E-state index contributed by atoms with van der Waals surface area (Å²) in [4.78, 5) is 12.6. The topological polar surface area (TPSA) is 91.4 Å². The van der Waals surface area contributed by atoms with Crippen LogP contribution < -0.4 is 14.9 Å². The third-order valence-corrected chi connectivity index (χ3v) is 4.15. The number of rotatable bonds is 7. The van der Waals surface area contributed by atoms with Crippen molar-refractivity contribution in [3.8, 4) is 5.75 Å². The first-order chi connectivity index (χ1) is 10.9. The van der Waals surface area contributed by atoms with Gasteiger partial charge in [0, 0.05) is 18.2 Å². The Kier molecular flexibility index (Phi) is 5.43. The minimum atomic E-state index is -4.09. The number of unbranched alkanes of at least 4 members (excludes halogenated alkanes) is 2. The lowest BCUT2D eigenvalue weighted by Gasteiger charge is -2.12. The molecule has 0 fully saturated rings. The minimum Gasteiger partial charge on any atom is -0.371 e. The number of hydrogen-bond donors (Lipinski definition) is 1. The van der Waals surface area contributed by atoms with Crippen molar-refractivity contribution in [2.24, 2.45) is 5.14 Å². The van der Waals surface area contributed by atoms with Crippen LogP contribution in [0.15, 0.2) is 29.1 Å². The van der Waals surface area contributed by atoms with E-state index in [2.05, 4.69) is 6.92 Å². The maximum Gasteiger partial charge on any atom is 0.380 e. The number of nitrogens with two attached hydrogens (primary N) is 1. The molecule has 1 heterocycles. The molecule has 126 valence electrons. The van der Waals surface area contributed by atoms with Gasteiger partial charge in [-0.2, -0.15) is 13.6 Å². The van der Waals surface area contributed by atoms with Crippen molar-refractivity contribution in [3.63, 3.8) is 0 Å². The third-order valence-electron chi connectivity index (χ3n) is 3.72. The van der Waals surface area contributed by atoms with E-state index in [1.807, 2.05) is 13.0 Å². The third kappa shape index (κ3) is 4.33. The molecule has 0 atom stereocenters. The van der Waals surface area contributed by atoms with Gasteiger partial charge < -0.3 is 8.75 Å². The molecule has 0 aliphatic rings. The predicted molar refractivity (Wildman–Crippen MR) is 90.8 cm³/mol. The molecule has 0 amide bonds. The van der Waals surface area contributed by atoms with Gasteiger partial charge in [-0.1, -0.05) is 19.8 Å². The zero-order valence-corrected chi connectivity index (χ0v) is 14.2. The summed E-state index contributed by atoms with van der Waals surface area (Å²) in [5, 5.41) is 5.76. The van der Waals surface area contributed by atoms with Gasteiger partial charge >= 0.3 is 10.3 Å². The first-order valence-corrected chi connectivity index (χ1v) is 9.21. The highest BCUT2D eigenvalue weighted by molar-refractivity contribution is 7.84. The number of hydrogen-bond acceptors (Lipinski definition) is 4. The molecule has 0 spiro atoms. The highest BCUT2D eigenvalue weighted by Crippen LogP contribution is 2.22. The summed E-state index contributed by atoms with van der Waals surface area (Å²) >= 11 is 0. The Labute approximate surface area is 136 Å². The van der Waals surface area contributed by atoms with Gasteiger partial charge in [-0.3, -0.25) is 4.79 Å². The Morgan fingerprint density at radius 1 is 1.17 bits per heavy atom. The number of pyridine rings is 1. The van der Waals surface area contributed by atoms with Crippen LogP contribution in [-0.2, 0) is 23.3 Å². The highest BCUT2D eigenvalue weighted by atomic mass is 32.2. The predicted octanol–water partition coefficient (Wildman–Crippen LogP) is 2.34. The van der Waals surface area contributed by atoms with Gasteiger partial charge in [0.15, 0.2) is 0 Å². The summed E-state index contributed by atoms with van der Waals surface area (Å²) in [6.45, 7) is 4.50. The van der Waals surface area contributed by atoms with Crippen LogP contribution in [0.1, 0.15) is 38.7 Å². The molecule has 0 unspecified atom stereocenters. The molecule has 7 heteroatoms. The van der Waals surface area contributed by atoms with E-state index < -0.39 is 10.3 Å². The minimum absolute atomic E-state index is 0.0381. The van der Waals surface area contributed by atoms with Crippen LogP contribution >= 0.6 is 0 Å². The number of fused-ring (bicyclic) bond motifs is 1. The monoisotopic (exact) mass is 338 g/mol. The van der Waals surface area contributed by atoms with E-state index >= 15 is 0 Å². The second-order valence-electron chi connectivity index (χ2n) is 5.47. The average molecular weight is 338 g/mol. The van der Waals surface area contributed by atoms with Gasteiger partial charge in [-0.15, -0.1) is 0 Å². The normalized spacial score (nSPS) is 11.8. The van der Waals surface area contributed by atoms with E-state index in [-0.39, 0.29) is 11.3 Å². The second-order valence-corrected chi connectivity index (χ2v) is 6.63. The fourth-order valence-electron chi connectivity index (χ4n) is 2.66. The van der Waals surface area contributed by atoms with E-state index in [9.17, 15) is 13.2 Å². The molecule has 0 aliphatic heterocycles. The van der Waals surface area contributed by atoms with E-state index in [1.54, 1.807) is 10.6 Å². The summed E-state index contributed by atoms with van der Waals surface area (Å²) in [6, 6.07) is 6.68. The Hall–Kier alpha value is -1.86. The molecule has 0 bridgehead atoms. The summed E-state index contributed by atoms with van der Waals surface area (Å²) in [5.41, 5.74) is 1.38. The van der Waals surface area contributed by atoms with Gasteiger partial charge in [0.1, 0.15) is 5.75 Å². The molecule has 0 saturated heterocycles. The maximum absolute atomic E-state index is 12.6. The molecule has 1 aromatic carbocycles. The number of aryl methyl sites for hydroxylation is 2. The van der Waals surface area contributed by atoms with Crippen molar-refractivity contribution in [3.05, 3.63) is 40.2 Å². The smallest absolute Gasteiger partial charge is 0.371 e. The highest BCUT2D eigenvalue weighted by Gasteiger charge is 2.11. The number of benzene rings is 1. The van der Waals surface area contributed by atoms with Crippen LogP contribution in [0.2, 0.25) is 0 Å². The molecule has 23 heavy (non-hydrogen) atoms. The summed E-state index contributed by atoms with van der Waals surface area (Å²) < 4.78 is 28.4. The average Bonchev–Trinajstić information content (AvgIpc) is 2.47. The molecule has 6 nitrogen and oxygen atoms in total. The van der Waals surface area contributed by atoms with Crippen molar-refractivity contribution >= 4 is 21.2 Å². The first-order valence-electron chi connectivity index (χ1n) is 7.74. The molecule has 2 aromatic rings. The molecule has 2 rings (SSSR count). The largest absolute Gasteiger partial charge is 0.380 e. The summed E-state index contributed by atoms with van der Waals surface area (Å²) in [5.74, 6) is 0.0975. The van der Waals surface area contributed by atoms with Crippen molar-refractivity contribution in [2.75, 3.05) is 0 Å². The van der Waals surface area contributed by atoms with Crippen LogP contribution in [0.4, 0.5) is 0 Å². The molecular formula is C16H22N2O4S. The number of aromatic nitrogens is 1. The van der Waals surface area contributed by atoms with E-state index in [0.29, 0.717) is 12.1 Å². The van der Waals surface area contributed by atoms with Crippen molar-refractivity contribution in [1.29, 1.82) is 0 Å². The van der Waals surface area contributed by atoms with Crippen molar-refractivity contribution in [2.45, 2.75) is 46.1 Å². The van der Waals surface area contributed by atoms with Gasteiger partial charge in [-0.25, -0.2) is 0 Å². The molecule has 2 N–H and O–H groups in total. The Bertz CT molecular complexity index is 856. The summed E-state index contributed by atoms with van der Waals surface area (Å²) in [6.07, 6.45) is 3.92. The zero-order valence-electron chi connectivity index (χ0n) is 13.4. The number of nitrogens with zero attached hydrogens (tertiary/aromatic N) is 1. The Balaban J connectivity index is 2.51. The molecular weight excluding hydrogens is 316 g/mol. The maximum atomic E-state index is 12.6. The lowest BCUT2D eigenvalue weighted by molar-refractivity contribution is 0.488. The van der Waals surface area contributed by atoms with Gasteiger partial charge in [0.2, 0.25) is 0 Å². The quantitative estimate of drug-likeness (QED) is 0.784. The van der Waals surface area contributed by atoms with Crippen LogP contribution in [0.5, 0.6) is 5.75 Å². The molecule has 0 radical (unpaired) electrons. The standard InChI is InChI=1S/C16H22N2O4S/c1-3-5-6-7-13-10-12-8-9-14(22-23(17,20)21)11-15(12)18(4-2)16(13)19/h8-11H,3-7H2,1-2H3,(H2,17,20,21).